The Morgan fingerprint density at radius 1 is 1.10 bits per heavy atom. The smallest absolute Gasteiger partial charge is 0.0556 e. The van der Waals surface area contributed by atoms with Crippen molar-refractivity contribution < 1.29 is 0 Å². The summed E-state index contributed by atoms with van der Waals surface area (Å²) in [7, 11) is 2.13. The van der Waals surface area contributed by atoms with Crippen LogP contribution in [0.1, 0.15) is 16.8 Å². The van der Waals surface area contributed by atoms with Crippen LogP contribution in [0.25, 0.3) is 10.9 Å². The first-order valence-electron chi connectivity index (χ1n) is 7.11. The molecular weight excluding hydrogens is 280 g/mol. The van der Waals surface area contributed by atoms with Crippen LogP contribution in [0.2, 0.25) is 5.02 Å². The monoisotopic (exact) mass is 298 g/mol. The molecule has 0 radical (unpaired) electrons. The van der Waals surface area contributed by atoms with E-state index in [0.717, 1.165) is 17.3 Å². The molecule has 108 valence electrons. The van der Waals surface area contributed by atoms with Gasteiger partial charge < -0.3 is 9.88 Å². The summed E-state index contributed by atoms with van der Waals surface area (Å²) in [6.07, 6.45) is 0. The standard InChI is InChI=1S/C18H19ClN2/c1-12-10-14(19)8-9-16(12)20-11-18-13(2)15-6-4-5-7-17(15)21(18)3/h4-10,20H,11H2,1-3H3. The molecule has 3 aromatic rings. The van der Waals surface area contributed by atoms with E-state index in [9.17, 15) is 0 Å². The second-order valence-corrected chi connectivity index (χ2v) is 5.90. The maximum Gasteiger partial charge on any atom is 0.0556 e. The highest BCUT2D eigenvalue weighted by Crippen LogP contribution is 2.26. The number of hydrogen-bond acceptors (Lipinski definition) is 1. The molecule has 0 atom stereocenters. The van der Waals surface area contributed by atoms with E-state index in [1.54, 1.807) is 0 Å². The van der Waals surface area contributed by atoms with Gasteiger partial charge in [0, 0.05) is 34.4 Å². The molecule has 0 amide bonds. The molecule has 0 fully saturated rings. The lowest BCUT2D eigenvalue weighted by atomic mass is 10.1. The van der Waals surface area contributed by atoms with Gasteiger partial charge in [-0.25, -0.2) is 0 Å². The third kappa shape index (κ3) is 2.52. The van der Waals surface area contributed by atoms with Gasteiger partial charge >= 0.3 is 0 Å². The molecule has 0 aliphatic carbocycles. The van der Waals surface area contributed by atoms with Gasteiger partial charge in [0.1, 0.15) is 0 Å². The fourth-order valence-corrected chi connectivity index (χ4v) is 3.12. The SMILES string of the molecule is Cc1cc(Cl)ccc1NCc1c(C)c2ccccc2n1C. The van der Waals surface area contributed by atoms with Crippen LogP contribution in [0.5, 0.6) is 0 Å². The Morgan fingerprint density at radius 2 is 1.86 bits per heavy atom. The summed E-state index contributed by atoms with van der Waals surface area (Å²) in [4.78, 5) is 0. The van der Waals surface area contributed by atoms with Gasteiger partial charge in [0.2, 0.25) is 0 Å². The highest BCUT2D eigenvalue weighted by Gasteiger charge is 2.11. The molecule has 1 N–H and O–H groups in total. The van der Waals surface area contributed by atoms with Crippen LogP contribution >= 0.6 is 11.6 Å². The Hall–Kier alpha value is -1.93. The lowest BCUT2D eigenvalue weighted by Crippen LogP contribution is -2.06. The normalized spacial score (nSPS) is 11.0. The summed E-state index contributed by atoms with van der Waals surface area (Å²) in [5.74, 6) is 0. The first kappa shape index (κ1) is 14.0. The summed E-state index contributed by atoms with van der Waals surface area (Å²) < 4.78 is 2.27. The second kappa shape index (κ2) is 5.45. The number of hydrogen-bond donors (Lipinski definition) is 1. The van der Waals surface area contributed by atoms with E-state index in [2.05, 4.69) is 55.0 Å². The molecule has 0 aliphatic heterocycles. The number of fused-ring (bicyclic) bond motifs is 1. The van der Waals surface area contributed by atoms with Crippen molar-refractivity contribution >= 4 is 28.2 Å². The zero-order valence-electron chi connectivity index (χ0n) is 12.6. The molecule has 0 bridgehead atoms. The predicted molar refractivity (Wildman–Crippen MR) is 91.2 cm³/mol. The third-order valence-electron chi connectivity index (χ3n) is 4.14. The zero-order valence-corrected chi connectivity index (χ0v) is 13.3. The minimum Gasteiger partial charge on any atom is -0.379 e. The number of nitrogens with one attached hydrogen (secondary N) is 1. The molecule has 3 rings (SSSR count). The van der Waals surface area contributed by atoms with Crippen LogP contribution in [0.3, 0.4) is 0 Å². The number of aryl methyl sites for hydroxylation is 3. The third-order valence-corrected chi connectivity index (χ3v) is 4.38. The average Bonchev–Trinajstić information content (AvgIpc) is 2.71. The minimum absolute atomic E-state index is 0.777. The van der Waals surface area contributed by atoms with Crippen molar-refractivity contribution in [2.24, 2.45) is 7.05 Å². The molecule has 2 nitrogen and oxygen atoms in total. The lowest BCUT2D eigenvalue weighted by Gasteiger charge is -2.12. The fraction of sp³-hybridized carbons (Fsp3) is 0.222. The molecular formula is C18H19ClN2. The Morgan fingerprint density at radius 3 is 2.57 bits per heavy atom. The van der Waals surface area contributed by atoms with Crippen molar-refractivity contribution in [3.05, 3.63) is 64.3 Å². The minimum atomic E-state index is 0.777. The van der Waals surface area contributed by atoms with E-state index in [4.69, 9.17) is 11.6 Å². The average molecular weight is 299 g/mol. The van der Waals surface area contributed by atoms with Crippen molar-refractivity contribution in [1.29, 1.82) is 0 Å². The van der Waals surface area contributed by atoms with E-state index >= 15 is 0 Å². The molecule has 0 aliphatic rings. The summed E-state index contributed by atoms with van der Waals surface area (Å²) in [6.45, 7) is 5.07. The van der Waals surface area contributed by atoms with Gasteiger partial charge in [-0.3, -0.25) is 0 Å². The highest BCUT2D eigenvalue weighted by molar-refractivity contribution is 6.30. The highest BCUT2D eigenvalue weighted by atomic mass is 35.5. The van der Waals surface area contributed by atoms with Crippen molar-refractivity contribution in [1.82, 2.24) is 4.57 Å². The van der Waals surface area contributed by atoms with E-state index in [-0.39, 0.29) is 0 Å². The largest absolute Gasteiger partial charge is 0.379 e. The fourth-order valence-electron chi connectivity index (χ4n) is 2.89. The van der Waals surface area contributed by atoms with Crippen molar-refractivity contribution in [3.8, 4) is 0 Å². The van der Waals surface area contributed by atoms with Gasteiger partial charge in [0.25, 0.3) is 0 Å². The summed E-state index contributed by atoms with van der Waals surface area (Å²) in [5, 5.41) is 5.62. The number of benzene rings is 2. The summed E-state index contributed by atoms with van der Waals surface area (Å²) in [5.41, 5.74) is 6.22. The number of anilines is 1. The van der Waals surface area contributed by atoms with Crippen LogP contribution in [-0.2, 0) is 13.6 Å². The van der Waals surface area contributed by atoms with Crippen LogP contribution in [0.15, 0.2) is 42.5 Å². The first-order chi connectivity index (χ1) is 10.1. The Balaban J connectivity index is 1.92. The molecule has 21 heavy (non-hydrogen) atoms. The zero-order chi connectivity index (χ0) is 15.0. The van der Waals surface area contributed by atoms with E-state index in [1.807, 2.05) is 18.2 Å². The van der Waals surface area contributed by atoms with Crippen LogP contribution in [-0.4, -0.2) is 4.57 Å². The maximum atomic E-state index is 6.01. The second-order valence-electron chi connectivity index (χ2n) is 5.46. The Kier molecular flexibility index (Phi) is 3.64. The van der Waals surface area contributed by atoms with Crippen LogP contribution < -0.4 is 5.32 Å². The van der Waals surface area contributed by atoms with Crippen molar-refractivity contribution in [2.45, 2.75) is 20.4 Å². The number of para-hydroxylation sites is 1. The molecule has 0 unspecified atom stereocenters. The van der Waals surface area contributed by atoms with Gasteiger partial charge in [-0.05, 0) is 49.2 Å². The summed E-state index contributed by atoms with van der Waals surface area (Å²) >= 11 is 6.01. The molecule has 0 spiro atoms. The van der Waals surface area contributed by atoms with Gasteiger partial charge in [-0.2, -0.15) is 0 Å². The molecule has 3 heteroatoms. The van der Waals surface area contributed by atoms with Crippen LogP contribution in [0, 0.1) is 13.8 Å². The van der Waals surface area contributed by atoms with Crippen molar-refractivity contribution in [3.63, 3.8) is 0 Å². The van der Waals surface area contributed by atoms with E-state index < -0.39 is 0 Å². The number of halogens is 1. The maximum absolute atomic E-state index is 6.01. The topological polar surface area (TPSA) is 17.0 Å². The van der Waals surface area contributed by atoms with Crippen LogP contribution in [0.4, 0.5) is 5.69 Å². The van der Waals surface area contributed by atoms with Gasteiger partial charge in [-0.15, -0.1) is 0 Å². The lowest BCUT2D eigenvalue weighted by molar-refractivity contribution is 0.862. The molecule has 0 saturated carbocycles. The predicted octanol–water partition coefficient (Wildman–Crippen LogP) is 5.06. The van der Waals surface area contributed by atoms with Gasteiger partial charge in [-0.1, -0.05) is 29.8 Å². The number of rotatable bonds is 3. The number of nitrogens with zero attached hydrogens (tertiary/aromatic N) is 1. The summed E-state index contributed by atoms with van der Waals surface area (Å²) in [6, 6.07) is 14.5. The van der Waals surface area contributed by atoms with E-state index in [0.29, 0.717) is 0 Å². The number of aromatic nitrogens is 1. The molecule has 1 aromatic heterocycles. The Bertz CT molecular complexity index is 763. The molecule has 2 aromatic carbocycles. The molecule has 1 heterocycles. The van der Waals surface area contributed by atoms with Gasteiger partial charge in [0.15, 0.2) is 0 Å². The van der Waals surface area contributed by atoms with Gasteiger partial charge in [0.05, 0.1) is 6.54 Å². The van der Waals surface area contributed by atoms with E-state index in [1.165, 1.54) is 27.7 Å². The quantitative estimate of drug-likeness (QED) is 0.715. The molecule has 0 saturated heterocycles. The van der Waals surface area contributed by atoms with Crippen molar-refractivity contribution in [2.75, 3.05) is 5.32 Å². The Labute approximate surface area is 130 Å². The first-order valence-corrected chi connectivity index (χ1v) is 7.48.